The molecule has 3 amide bonds. The van der Waals surface area contributed by atoms with Crippen molar-refractivity contribution in [3.05, 3.63) is 11.9 Å². The molecule has 1 heterocycles. The van der Waals surface area contributed by atoms with Crippen LogP contribution in [-0.4, -0.2) is 39.5 Å². The van der Waals surface area contributed by atoms with Gasteiger partial charge in [-0.25, -0.2) is 9.48 Å². The lowest BCUT2D eigenvalue weighted by atomic mass is 10.4. The van der Waals surface area contributed by atoms with Crippen molar-refractivity contribution in [3.8, 4) is 0 Å². The number of nitrogens with zero attached hydrogens (tertiary/aromatic N) is 3. The Morgan fingerprint density at radius 1 is 1.42 bits per heavy atom. The molecule has 0 aliphatic carbocycles. The van der Waals surface area contributed by atoms with E-state index in [1.165, 1.54) is 4.68 Å². The van der Waals surface area contributed by atoms with Gasteiger partial charge < -0.3 is 10.6 Å². The van der Waals surface area contributed by atoms with Crippen LogP contribution in [0.5, 0.6) is 0 Å². The first-order valence-corrected chi connectivity index (χ1v) is 6.21. The maximum Gasteiger partial charge on any atom is 0.321 e. The van der Waals surface area contributed by atoms with E-state index in [1.54, 1.807) is 6.20 Å². The summed E-state index contributed by atoms with van der Waals surface area (Å²) in [5.41, 5.74) is 0.751. The van der Waals surface area contributed by atoms with Crippen molar-refractivity contribution in [2.24, 2.45) is 0 Å². The van der Waals surface area contributed by atoms with E-state index in [0.29, 0.717) is 6.54 Å². The standard InChI is InChI=1S/C11H20N6O2/c1-4-12-5-9-6-17(16-15-9)7-10(18)14-11(19)13-8(2)3/h6,8,12H,4-5,7H2,1-3H3,(H2,13,14,18,19). The third-order valence-electron chi connectivity index (χ3n) is 2.12. The fourth-order valence-corrected chi connectivity index (χ4v) is 1.36. The minimum atomic E-state index is -0.506. The van der Waals surface area contributed by atoms with Crippen LogP contribution in [0.4, 0.5) is 4.79 Å². The highest BCUT2D eigenvalue weighted by molar-refractivity contribution is 5.94. The molecule has 0 saturated heterocycles. The summed E-state index contributed by atoms with van der Waals surface area (Å²) in [5, 5.41) is 15.6. The molecule has 1 rings (SSSR count). The van der Waals surface area contributed by atoms with Crippen molar-refractivity contribution >= 4 is 11.9 Å². The van der Waals surface area contributed by atoms with Crippen LogP contribution in [0.1, 0.15) is 26.5 Å². The SMILES string of the molecule is CCNCc1cn(CC(=O)NC(=O)NC(C)C)nn1. The summed E-state index contributed by atoms with van der Waals surface area (Å²) in [6.07, 6.45) is 1.67. The van der Waals surface area contributed by atoms with Gasteiger partial charge in [-0.3, -0.25) is 10.1 Å². The van der Waals surface area contributed by atoms with E-state index in [0.717, 1.165) is 12.2 Å². The van der Waals surface area contributed by atoms with Crippen molar-refractivity contribution in [1.29, 1.82) is 0 Å². The zero-order chi connectivity index (χ0) is 14.3. The molecular formula is C11H20N6O2. The van der Waals surface area contributed by atoms with Crippen molar-refractivity contribution in [3.63, 3.8) is 0 Å². The Labute approximate surface area is 111 Å². The first-order chi connectivity index (χ1) is 9.01. The summed E-state index contributed by atoms with van der Waals surface area (Å²) in [4.78, 5) is 22.9. The highest BCUT2D eigenvalue weighted by Gasteiger charge is 2.10. The second kappa shape index (κ2) is 7.47. The molecule has 0 radical (unpaired) electrons. The number of carbonyl (C=O) groups excluding carboxylic acids is 2. The third-order valence-corrected chi connectivity index (χ3v) is 2.12. The predicted octanol–water partition coefficient (Wildman–Crippen LogP) is -0.378. The molecule has 0 fully saturated rings. The molecule has 106 valence electrons. The minimum Gasteiger partial charge on any atom is -0.336 e. The van der Waals surface area contributed by atoms with Gasteiger partial charge in [0.25, 0.3) is 0 Å². The van der Waals surface area contributed by atoms with E-state index in [9.17, 15) is 9.59 Å². The summed E-state index contributed by atoms with van der Waals surface area (Å²) in [5.74, 6) is -0.432. The smallest absolute Gasteiger partial charge is 0.321 e. The van der Waals surface area contributed by atoms with Crippen LogP contribution in [0.2, 0.25) is 0 Å². The molecule has 19 heavy (non-hydrogen) atoms. The van der Waals surface area contributed by atoms with Crippen LogP contribution in [0.25, 0.3) is 0 Å². The summed E-state index contributed by atoms with van der Waals surface area (Å²) in [6, 6.07) is -0.529. The second-order valence-electron chi connectivity index (χ2n) is 4.36. The highest BCUT2D eigenvalue weighted by Crippen LogP contribution is 1.92. The summed E-state index contributed by atoms with van der Waals surface area (Å²) in [6.45, 7) is 7.02. The van der Waals surface area contributed by atoms with Crippen LogP contribution in [-0.2, 0) is 17.9 Å². The lowest BCUT2D eigenvalue weighted by Crippen LogP contribution is -2.43. The van der Waals surface area contributed by atoms with E-state index >= 15 is 0 Å². The number of hydrogen-bond acceptors (Lipinski definition) is 5. The highest BCUT2D eigenvalue weighted by atomic mass is 16.2. The Morgan fingerprint density at radius 2 is 2.16 bits per heavy atom. The molecule has 0 aliphatic rings. The monoisotopic (exact) mass is 268 g/mol. The summed E-state index contributed by atoms with van der Waals surface area (Å²) < 4.78 is 1.39. The van der Waals surface area contributed by atoms with E-state index in [4.69, 9.17) is 0 Å². The number of amides is 3. The Kier molecular flexibility index (Phi) is 5.94. The van der Waals surface area contributed by atoms with Crippen molar-refractivity contribution in [2.75, 3.05) is 6.54 Å². The van der Waals surface area contributed by atoms with E-state index in [2.05, 4.69) is 26.3 Å². The normalized spacial score (nSPS) is 10.5. The van der Waals surface area contributed by atoms with Gasteiger partial charge in [-0.05, 0) is 20.4 Å². The number of aromatic nitrogens is 3. The quantitative estimate of drug-likeness (QED) is 0.653. The lowest BCUT2D eigenvalue weighted by Gasteiger charge is -2.08. The Hall–Kier alpha value is -1.96. The number of carbonyl (C=O) groups is 2. The molecule has 0 aromatic carbocycles. The van der Waals surface area contributed by atoms with Crippen molar-refractivity contribution in [2.45, 2.75) is 39.9 Å². The molecule has 0 saturated carbocycles. The Bertz CT molecular complexity index is 429. The first kappa shape index (κ1) is 15.1. The van der Waals surface area contributed by atoms with Crippen molar-refractivity contribution in [1.82, 2.24) is 30.9 Å². The molecule has 0 aliphatic heterocycles. The number of rotatable bonds is 6. The lowest BCUT2D eigenvalue weighted by molar-refractivity contribution is -0.120. The number of imide groups is 1. The number of nitrogens with one attached hydrogen (secondary N) is 3. The Balaban J connectivity index is 2.39. The molecular weight excluding hydrogens is 248 g/mol. The van der Waals surface area contributed by atoms with Crippen LogP contribution < -0.4 is 16.0 Å². The summed E-state index contributed by atoms with van der Waals surface area (Å²) in [7, 11) is 0. The topological polar surface area (TPSA) is 101 Å². The van der Waals surface area contributed by atoms with Gasteiger partial charge in [0.2, 0.25) is 5.91 Å². The van der Waals surface area contributed by atoms with Gasteiger partial charge in [0, 0.05) is 12.6 Å². The van der Waals surface area contributed by atoms with Crippen LogP contribution in [0.15, 0.2) is 6.20 Å². The second-order valence-corrected chi connectivity index (χ2v) is 4.36. The van der Waals surface area contributed by atoms with Gasteiger partial charge in [-0.15, -0.1) is 5.10 Å². The fourth-order valence-electron chi connectivity index (χ4n) is 1.36. The number of urea groups is 1. The van der Waals surface area contributed by atoms with E-state index in [-0.39, 0.29) is 12.6 Å². The predicted molar refractivity (Wildman–Crippen MR) is 69.2 cm³/mol. The molecule has 0 unspecified atom stereocenters. The maximum absolute atomic E-state index is 11.6. The van der Waals surface area contributed by atoms with Gasteiger partial charge in [0.1, 0.15) is 6.54 Å². The average Bonchev–Trinajstić information content (AvgIpc) is 2.72. The van der Waals surface area contributed by atoms with Gasteiger partial charge in [-0.2, -0.15) is 0 Å². The van der Waals surface area contributed by atoms with Crippen LogP contribution >= 0.6 is 0 Å². The molecule has 0 atom stereocenters. The van der Waals surface area contributed by atoms with Gasteiger partial charge in [0.15, 0.2) is 0 Å². The van der Waals surface area contributed by atoms with E-state index < -0.39 is 11.9 Å². The molecule has 8 heteroatoms. The average molecular weight is 268 g/mol. The molecule has 1 aromatic heterocycles. The first-order valence-electron chi connectivity index (χ1n) is 6.21. The summed E-state index contributed by atoms with van der Waals surface area (Å²) >= 11 is 0. The Morgan fingerprint density at radius 3 is 2.79 bits per heavy atom. The molecule has 0 spiro atoms. The van der Waals surface area contributed by atoms with Crippen LogP contribution in [0.3, 0.4) is 0 Å². The largest absolute Gasteiger partial charge is 0.336 e. The molecule has 1 aromatic rings. The molecule has 3 N–H and O–H groups in total. The van der Waals surface area contributed by atoms with Gasteiger partial charge in [-0.1, -0.05) is 12.1 Å². The van der Waals surface area contributed by atoms with Crippen LogP contribution in [0, 0.1) is 0 Å². The van der Waals surface area contributed by atoms with Crippen molar-refractivity contribution < 1.29 is 9.59 Å². The zero-order valence-electron chi connectivity index (χ0n) is 11.4. The van der Waals surface area contributed by atoms with Gasteiger partial charge in [0.05, 0.1) is 11.9 Å². The third kappa shape index (κ3) is 5.96. The minimum absolute atomic E-state index is 0.0223. The fraction of sp³-hybridized carbons (Fsp3) is 0.636. The van der Waals surface area contributed by atoms with Gasteiger partial charge >= 0.3 is 6.03 Å². The maximum atomic E-state index is 11.6. The zero-order valence-corrected chi connectivity index (χ0v) is 11.4. The van der Waals surface area contributed by atoms with E-state index in [1.807, 2.05) is 20.8 Å². The molecule has 0 bridgehead atoms. The molecule has 8 nitrogen and oxygen atoms in total. The number of hydrogen-bond donors (Lipinski definition) is 3.